The largest absolute Gasteiger partial charge is 0.466 e. The molecule has 0 heterocycles. The summed E-state index contributed by atoms with van der Waals surface area (Å²) < 4.78 is 5.33. The Morgan fingerprint density at radius 3 is 1.53 bits per heavy atom. The van der Waals surface area contributed by atoms with E-state index < -0.39 is 0 Å². The summed E-state index contributed by atoms with van der Waals surface area (Å²) in [5.41, 5.74) is -0.387. The average molecular weight is 422 g/mol. The first-order valence-electron chi connectivity index (χ1n) is 13.1. The molecule has 0 rings (SSSR count). The third-order valence-electron chi connectivity index (χ3n) is 6.21. The molecule has 0 radical (unpaired) electrons. The number of esters is 1. The lowest BCUT2D eigenvalue weighted by molar-refractivity contribution is -0.144. The Balaban J connectivity index is 3.31. The van der Waals surface area contributed by atoms with Crippen LogP contribution in [0.15, 0.2) is 0 Å². The zero-order valence-corrected chi connectivity index (χ0v) is 20.6. The van der Waals surface area contributed by atoms with Gasteiger partial charge in [0.25, 0.3) is 0 Å². The van der Waals surface area contributed by atoms with Crippen molar-refractivity contribution in [2.24, 2.45) is 5.41 Å². The standard InChI is InChI=1S/C27H51NO2/c1-4-6-7-8-9-10-11-12-13-14-15-16-17-18-19-20-24-30-26(29)21-23-27(3,25-28)22-5-2/h4-24H2,1-3H3. The molecule has 3 nitrogen and oxygen atoms in total. The lowest BCUT2D eigenvalue weighted by Crippen LogP contribution is -2.16. The Morgan fingerprint density at radius 1 is 0.700 bits per heavy atom. The van der Waals surface area contributed by atoms with Gasteiger partial charge >= 0.3 is 5.97 Å². The van der Waals surface area contributed by atoms with E-state index in [0.717, 1.165) is 25.7 Å². The zero-order chi connectivity index (χ0) is 22.3. The number of unbranched alkanes of at least 4 members (excludes halogenated alkanes) is 15. The van der Waals surface area contributed by atoms with Crippen LogP contribution >= 0.6 is 0 Å². The number of nitrogens with zero attached hydrogens (tertiary/aromatic N) is 1. The SMILES string of the molecule is CCCCCCCCCCCCCCCCCCOC(=O)CCC(C)(C#N)CCC. The van der Waals surface area contributed by atoms with Crippen LogP contribution in [0.4, 0.5) is 0 Å². The molecule has 0 N–H and O–H groups in total. The van der Waals surface area contributed by atoms with E-state index in [1.54, 1.807) is 0 Å². The summed E-state index contributed by atoms with van der Waals surface area (Å²) in [6.07, 6.45) is 24.3. The van der Waals surface area contributed by atoms with Gasteiger partial charge in [0.15, 0.2) is 0 Å². The van der Waals surface area contributed by atoms with Crippen molar-refractivity contribution < 1.29 is 9.53 Å². The smallest absolute Gasteiger partial charge is 0.305 e. The first kappa shape index (κ1) is 29.0. The van der Waals surface area contributed by atoms with Gasteiger partial charge in [0.1, 0.15) is 0 Å². The van der Waals surface area contributed by atoms with Gasteiger partial charge in [0.05, 0.1) is 18.1 Å². The summed E-state index contributed by atoms with van der Waals surface area (Å²) in [7, 11) is 0. The molecule has 1 atom stereocenters. The van der Waals surface area contributed by atoms with Crippen LogP contribution in [-0.2, 0) is 9.53 Å². The molecule has 176 valence electrons. The number of rotatable bonds is 22. The van der Waals surface area contributed by atoms with Crippen LogP contribution in [0.5, 0.6) is 0 Å². The van der Waals surface area contributed by atoms with E-state index in [1.165, 1.54) is 89.9 Å². The van der Waals surface area contributed by atoms with Crippen molar-refractivity contribution in [3.8, 4) is 6.07 Å². The highest BCUT2D eigenvalue weighted by atomic mass is 16.5. The van der Waals surface area contributed by atoms with Gasteiger partial charge in [-0.25, -0.2) is 0 Å². The van der Waals surface area contributed by atoms with Gasteiger partial charge < -0.3 is 4.74 Å². The molecule has 1 unspecified atom stereocenters. The summed E-state index contributed by atoms with van der Waals surface area (Å²) >= 11 is 0. The molecule has 0 bridgehead atoms. The molecule has 0 spiro atoms. The molecule has 0 aromatic rings. The minimum atomic E-state index is -0.387. The molecule has 0 aliphatic rings. The molecule has 0 saturated heterocycles. The molecule has 0 aromatic heterocycles. The maximum atomic E-state index is 11.8. The Labute approximate surface area is 188 Å². The van der Waals surface area contributed by atoms with E-state index in [4.69, 9.17) is 4.74 Å². The van der Waals surface area contributed by atoms with Crippen LogP contribution < -0.4 is 0 Å². The van der Waals surface area contributed by atoms with Crippen molar-refractivity contribution >= 4 is 5.97 Å². The van der Waals surface area contributed by atoms with E-state index in [9.17, 15) is 10.1 Å². The van der Waals surface area contributed by atoms with E-state index in [2.05, 4.69) is 19.9 Å². The Hall–Kier alpha value is -1.04. The number of ether oxygens (including phenoxy) is 1. The second-order valence-corrected chi connectivity index (χ2v) is 9.45. The van der Waals surface area contributed by atoms with Crippen LogP contribution in [0.3, 0.4) is 0 Å². The van der Waals surface area contributed by atoms with Crippen molar-refractivity contribution in [3.63, 3.8) is 0 Å². The molecule has 0 amide bonds. The summed E-state index contributed by atoms with van der Waals surface area (Å²) in [6.45, 7) is 6.83. The van der Waals surface area contributed by atoms with E-state index in [0.29, 0.717) is 19.4 Å². The summed E-state index contributed by atoms with van der Waals surface area (Å²) in [5.74, 6) is -0.145. The van der Waals surface area contributed by atoms with Gasteiger partial charge in [-0.2, -0.15) is 5.26 Å². The number of carbonyl (C=O) groups is 1. The maximum Gasteiger partial charge on any atom is 0.305 e. The molecule has 0 aliphatic heterocycles. The summed E-state index contributed by atoms with van der Waals surface area (Å²) in [5, 5.41) is 9.26. The minimum absolute atomic E-state index is 0.145. The first-order valence-corrected chi connectivity index (χ1v) is 13.1. The number of carbonyl (C=O) groups excluding carboxylic acids is 1. The van der Waals surface area contributed by atoms with Gasteiger partial charge in [-0.05, 0) is 26.2 Å². The Kier molecular flexibility index (Phi) is 20.5. The van der Waals surface area contributed by atoms with Crippen LogP contribution in [-0.4, -0.2) is 12.6 Å². The fourth-order valence-electron chi connectivity index (χ4n) is 4.07. The van der Waals surface area contributed by atoms with Crippen molar-refractivity contribution in [1.82, 2.24) is 0 Å². The number of hydrogen-bond acceptors (Lipinski definition) is 3. The van der Waals surface area contributed by atoms with E-state index >= 15 is 0 Å². The van der Waals surface area contributed by atoms with Gasteiger partial charge in [-0.3, -0.25) is 4.79 Å². The van der Waals surface area contributed by atoms with Crippen LogP contribution in [0.1, 0.15) is 149 Å². The maximum absolute atomic E-state index is 11.8. The topological polar surface area (TPSA) is 50.1 Å². The lowest BCUT2D eigenvalue weighted by atomic mass is 9.83. The fraction of sp³-hybridized carbons (Fsp3) is 0.926. The third kappa shape index (κ3) is 19.0. The monoisotopic (exact) mass is 421 g/mol. The normalized spacial score (nSPS) is 13.0. The molecule has 30 heavy (non-hydrogen) atoms. The molecule has 0 aliphatic carbocycles. The van der Waals surface area contributed by atoms with Crippen LogP contribution in [0.25, 0.3) is 0 Å². The molecular weight excluding hydrogens is 370 g/mol. The molecular formula is C27H51NO2. The van der Waals surface area contributed by atoms with E-state index in [1.807, 2.05) is 6.92 Å². The average Bonchev–Trinajstić information content (AvgIpc) is 2.74. The van der Waals surface area contributed by atoms with Crippen LogP contribution in [0, 0.1) is 16.7 Å². The van der Waals surface area contributed by atoms with Gasteiger partial charge in [-0.1, -0.05) is 117 Å². The van der Waals surface area contributed by atoms with Crippen molar-refractivity contribution in [3.05, 3.63) is 0 Å². The predicted molar refractivity (Wildman–Crippen MR) is 128 cm³/mol. The van der Waals surface area contributed by atoms with Crippen LogP contribution in [0.2, 0.25) is 0 Å². The summed E-state index contributed by atoms with van der Waals surface area (Å²) in [6, 6.07) is 2.35. The third-order valence-corrected chi connectivity index (χ3v) is 6.21. The molecule has 3 heteroatoms. The molecule has 0 saturated carbocycles. The van der Waals surface area contributed by atoms with Crippen molar-refractivity contribution in [1.29, 1.82) is 5.26 Å². The predicted octanol–water partition coefficient (Wildman–Crippen LogP) is 8.90. The Morgan fingerprint density at radius 2 is 1.13 bits per heavy atom. The van der Waals surface area contributed by atoms with E-state index in [-0.39, 0.29) is 11.4 Å². The van der Waals surface area contributed by atoms with Crippen molar-refractivity contribution in [2.45, 2.75) is 149 Å². The zero-order valence-electron chi connectivity index (χ0n) is 20.6. The number of hydrogen-bond donors (Lipinski definition) is 0. The minimum Gasteiger partial charge on any atom is -0.466 e. The highest BCUT2D eigenvalue weighted by molar-refractivity contribution is 5.69. The second-order valence-electron chi connectivity index (χ2n) is 9.45. The summed E-state index contributed by atoms with van der Waals surface area (Å²) in [4.78, 5) is 11.8. The molecule has 0 fully saturated rings. The van der Waals surface area contributed by atoms with Crippen molar-refractivity contribution in [2.75, 3.05) is 6.61 Å². The Bertz CT molecular complexity index is 429. The second kappa shape index (κ2) is 21.2. The highest BCUT2D eigenvalue weighted by Gasteiger charge is 2.23. The first-order chi connectivity index (χ1) is 14.6. The molecule has 0 aromatic carbocycles. The van der Waals surface area contributed by atoms with Gasteiger partial charge in [0, 0.05) is 6.42 Å². The van der Waals surface area contributed by atoms with Gasteiger partial charge in [-0.15, -0.1) is 0 Å². The fourth-order valence-corrected chi connectivity index (χ4v) is 4.07. The number of nitriles is 1. The van der Waals surface area contributed by atoms with Gasteiger partial charge in [0.2, 0.25) is 0 Å². The quantitative estimate of drug-likeness (QED) is 0.129. The highest BCUT2D eigenvalue weighted by Crippen LogP contribution is 2.28. The lowest BCUT2D eigenvalue weighted by Gasteiger charge is -2.19.